The normalized spacial score (nSPS) is 10.7. The quantitative estimate of drug-likeness (QED) is 0.236. The summed E-state index contributed by atoms with van der Waals surface area (Å²) in [6.45, 7) is 0. The van der Waals surface area contributed by atoms with Crippen LogP contribution in [0.15, 0.2) is 89.4 Å². The van der Waals surface area contributed by atoms with Crippen LogP contribution in [0.2, 0.25) is 0 Å². The number of thioether (sulfide) groups is 1. The summed E-state index contributed by atoms with van der Waals surface area (Å²) >= 11 is 2.84. The lowest BCUT2D eigenvalue weighted by Crippen LogP contribution is -2.01. The second-order valence-corrected chi connectivity index (χ2v) is 7.73. The summed E-state index contributed by atoms with van der Waals surface area (Å²) in [6, 6.07) is 25.8. The summed E-state index contributed by atoms with van der Waals surface area (Å²) in [5.41, 5.74) is 3.78. The average molecular weight is 389 g/mol. The number of hydrogen-bond acceptors (Lipinski definition) is 5. The van der Waals surface area contributed by atoms with E-state index in [-0.39, 0.29) is 5.78 Å². The van der Waals surface area contributed by atoms with Crippen molar-refractivity contribution in [2.45, 2.75) is 5.16 Å². The third-order valence-electron chi connectivity index (χ3n) is 3.97. The molecule has 0 unspecified atom stereocenters. The number of benzene rings is 2. The van der Waals surface area contributed by atoms with E-state index in [1.165, 1.54) is 23.1 Å². The van der Waals surface area contributed by atoms with Crippen molar-refractivity contribution in [3.8, 4) is 22.5 Å². The van der Waals surface area contributed by atoms with Crippen LogP contribution in [0.5, 0.6) is 0 Å². The van der Waals surface area contributed by atoms with Gasteiger partial charge >= 0.3 is 0 Å². The number of aromatic nitrogens is 2. The number of rotatable bonds is 6. The summed E-state index contributed by atoms with van der Waals surface area (Å²) in [5, 5.41) is 2.53. The van der Waals surface area contributed by atoms with E-state index in [0.29, 0.717) is 10.9 Å². The van der Waals surface area contributed by atoms with Crippen molar-refractivity contribution in [1.82, 2.24) is 9.97 Å². The summed E-state index contributed by atoms with van der Waals surface area (Å²) in [5.74, 6) is 0.428. The molecule has 0 aliphatic rings. The van der Waals surface area contributed by atoms with Gasteiger partial charge < -0.3 is 0 Å². The van der Waals surface area contributed by atoms with Crippen molar-refractivity contribution >= 4 is 28.9 Å². The summed E-state index contributed by atoms with van der Waals surface area (Å²) in [7, 11) is 0. The van der Waals surface area contributed by atoms with Crippen molar-refractivity contribution in [2.24, 2.45) is 0 Å². The Morgan fingerprint density at radius 3 is 1.93 bits per heavy atom. The van der Waals surface area contributed by atoms with Gasteiger partial charge in [0, 0.05) is 11.1 Å². The van der Waals surface area contributed by atoms with Crippen LogP contribution < -0.4 is 0 Å². The molecule has 5 heteroatoms. The Labute approximate surface area is 166 Å². The molecule has 4 rings (SSSR count). The molecule has 0 N–H and O–H groups in total. The number of thiophene rings is 1. The number of Topliss-reactive ketones (excluding diaryl/α,β-unsaturated/α-hetero) is 1. The molecular weight excluding hydrogens is 372 g/mol. The fraction of sp³-hybridized carbons (Fsp3) is 0.0455. The van der Waals surface area contributed by atoms with Crippen LogP contribution in [-0.4, -0.2) is 21.5 Å². The highest BCUT2D eigenvalue weighted by atomic mass is 32.2. The molecule has 0 fully saturated rings. The van der Waals surface area contributed by atoms with Gasteiger partial charge in [-0.05, 0) is 17.5 Å². The van der Waals surface area contributed by atoms with Gasteiger partial charge in [0.05, 0.1) is 22.0 Å². The van der Waals surface area contributed by atoms with Gasteiger partial charge in [0.25, 0.3) is 0 Å². The lowest BCUT2D eigenvalue weighted by molar-refractivity contribution is 0.102. The van der Waals surface area contributed by atoms with Gasteiger partial charge in [0.2, 0.25) is 0 Å². The minimum Gasteiger partial charge on any atom is -0.292 e. The fourth-order valence-corrected chi connectivity index (χ4v) is 4.14. The van der Waals surface area contributed by atoms with Crippen LogP contribution in [0.3, 0.4) is 0 Å². The zero-order chi connectivity index (χ0) is 18.5. The van der Waals surface area contributed by atoms with E-state index >= 15 is 0 Å². The standard InChI is InChI=1S/C22H16N2OS2/c25-20(21-12-7-13-26-21)15-27-22-23-18(16-8-3-1-4-9-16)14-19(24-22)17-10-5-2-6-11-17/h1-14H,15H2. The third kappa shape index (κ3) is 4.32. The maximum atomic E-state index is 12.3. The fourth-order valence-electron chi connectivity index (χ4n) is 2.64. The molecule has 0 spiro atoms. The Balaban J connectivity index is 1.67. The molecule has 0 atom stereocenters. The monoisotopic (exact) mass is 388 g/mol. The summed E-state index contributed by atoms with van der Waals surface area (Å²) in [4.78, 5) is 22.5. The highest BCUT2D eigenvalue weighted by molar-refractivity contribution is 7.99. The second-order valence-electron chi connectivity index (χ2n) is 5.84. The van der Waals surface area contributed by atoms with Crippen LogP contribution in [-0.2, 0) is 0 Å². The zero-order valence-electron chi connectivity index (χ0n) is 14.4. The number of carbonyl (C=O) groups excluding carboxylic acids is 1. The van der Waals surface area contributed by atoms with Crippen LogP contribution >= 0.6 is 23.1 Å². The third-order valence-corrected chi connectivity index (χ3v) is 5.73. The predicted molar refractivity (Wildman–Crippen MR) is 112 cm³/mol. The Morgan fingerprint density at radius 1 is 0.815 bits per heavy atom. The molecule has 132 valence electrons. The van der Waals surface area contributed by atoms with Gasteiger partial charge in [-0.15, -0.1) is 11.3 Å². The molecule has 2 heterocycles. The lowest BCUT2D eigenvalue weighted by atomic mass is 10.1. The molecule has 4 aromatic rings. The molecule has 2 aromatic carbocycles. The Hall–Kier alpha value is -2.76. The molecule has 0 saturated heterocycles. The van der Waals surface area contributed by atoms with Gasteiger partial charge in [-0.2, -0.15) is 0 Å². The molecule has 0 amide bonds. The molecule has 0 aliphatic carbocycles. The van der Waals surface area contributed by atoms with E-state index in [1.54, 1.807) is 0 Å². The first-order valence-electron chi connectivity index (χ1n) is 8.49. The minimum absolute atomic E-state index is 0.102. The van der Waals surface area contributed by atoms with Gasteiger partial charge in [0.15, 0.2) is 10.9 Å². The van der Waals surface area contributed by atoms with Crippen LogP contribution in [0.4, 0.5) is 0 Å². The maximum absolute atomic E-state index is 12.3. The highest BCUT2D eigenvalue weighted by Crippen LogP contribution is 2.27. The summed E-state index contributed by atoms with van der Waals surface area (Å²) in [6.07, 6.45) is 0. The van der Waals surface area contributed by atoms with Gasteiger partial charge in [-0.1, -0.05) is 78.5 Å². The first-order valence-corrected chi connectivity index (χ1v) is 10.4. The molecule has 0 radical (unpaired) electrons. The van der Waals surface area contributed by atoms with E-state index in [2.05, 4.69) is 9.97 Å². The van der Waals surface area contributed by atoms with Crippen molar-refractivity contribution in [3.63, 3.8) is 0 Å². The zero-order valence-corrected chi connectivity index (χ0v) is 16.0. The molecular formula is C22H16N2OS2. The second kappa shape index (κ2) is 8.29. The van der Waals surface area contributed by atoms with Gasteiger partial charge in [-0.25, -0.2) is 9.97 Å². The average Bonchev–Trinajstić information content (AvgIpc) is 3.28. The Kier molecular flexibility index (Phi) is 5.42. The molecule has 0 aliphatic heterocycles. The number of hydrogen-bond donors (Lipinski definition) is 0. The van der Waals surface area contributed by atoms with Crippen molar-refractivity contribution in [1.29, 1.82) is 0 Å². The van der Waals surface area contributed by atoms with Crippen LogP contribution in [0, 0.1) is 0 Å². The first kappa shape index (κ1) is 17.6. The van der Waals surface area contributed by atoms with E-state index in [4.69, 9.17) is 0 Å². The summed E-state index contributed by atoms with van der Waals surface area (Å²) < 4.78 is 0. The van der Waals surface area contributed by atoms with Crippen LogP contribution in [0.25, 0.3) is 22.5 Å². The van der Waals surface area contributed by atoms with Crippen molar-refractivity contribution < 1.29 is 4.79 Å². The van der Waals surface area contributed by atoms with Crippen molar-refractivity contribution in [3.05, 3.63) is 89.1 Å². The molecule has 2 aromatic heterocycles. The maximum Gasteiger partial charge on any atom is 0.189 e. The van der Waals surface area contributed by atoms with Crippen molar-refractivity contribution in [2.75, 3.05) is 5.75 Å². The Bertz CT molecular complexity index is 975. The smallest absolute Gasteiger partial charge is 0.189 e. The van der Waals surface area contributed by atoms with E-state index in [1.807, 2.05) is 84.2 Å². The van der Waals surface area contributed by atoms with E-state index in [0.717, 1.165) is 27.4 Å². The molecule has 27 heavy (non-hydrogen) atoms. The van der Waals surface area contributed by atoms with Gasteiger partial charge in [0.1, 0.15) is 0 Å². The number of ketones is 1. The van der Waals surface area contributed by atoms with Crippen LogP contribution in [0.1, 0.15) is 9.67 Å². The lowest BCUT2D eigenvalue weighted by Gasteiger charge is -2.08. The van der Waals surface area contributed by atoms with Gasteiger partial charge in [-0.3, -0.25) is 4.79 Å². The molecule has 0 saturated carbocycles. The number of carbonyl (C=O) groups is 1. The highest BCUT2D eigenvalue weighted by Gasteiger charge is 2.12. The number of nitrogens with zero attached hydrogens (tertiary/aromatic N) is 2. The molecule has 0 bridgehead atoms. The molecule has 3 nitrogen and oxygen atoms in total. The Morgan fingerprint density at radius 2 is 1.41 bits per heavy atom. The van der Waals surface area contributed by atoms with E-state index in [9.17, 15) is 4.79 Å². The first-order chi connectivity index (χ1) is 13.3. The largest absolute Gasteiger partial charge is 0.292 e. The SMILES string of the molecule is O=C(CSc1nc(-c2ccccc2)cc(-c2ccccc2)n1)c1cccs1. The van der Waals surface area contributed by atoms with E-state index < -0.39 is 0 Å². The topological polar surface area (TPSA) is 42.9 Å². The minimum atomic E-state index is 0.102. The predicted octanol–water partition coefficient (Wildman–Crippen LogP) is 5.85.